The zero-order valence-electron chi connectivity index (χ0n) is 15.8. The van der Waals surface area contributed by atoms with Gasteiger partial charge in [-0.3, -0.25) is 0 Å². The molecule has 2 aliphatic rings. The second-order valence-electron chi connectivity index (χ2n) is 7.01. The second-order valence-corrected chi connectivity index (χ2v) is 7.01. The van der Waals surface area contributed by atoms with Crippen LogP contribution >= 0.6 is 0 Å². The maximum atomic E-state index is 12.6. The number of nitrogens with zero attached hydrogens (tertiary/aromatic N) is 2. The minimum Gasteiger partial charge on any atom is -0.493 e. The van der Waals surface area contributed by atoms with Gasteiger partial charge in [0.2, 0.25) is 0 Å². The van der Waals surface area contributed by atoms with Crippen LogP contribution in [0.4, 0.5) is 8.78 Å². The molecule has 0 radical (unpaired) electrons. The average Bonchev–Trinajstić information content (AvgIpc) is 3.28. The highest BCUT2D eigenvalue weighted by molar-refractivity contribution is 5.80. The number of rotatable bonds is 6. The van der Waals surface area contributed by atoms with Gasteiger partial charge in [-0.1, -0.05) is 6.07 Å². The summed E-state index contributed by atoms with van der Waals surface area (Å²) in [6, 6.07) is 4.98. The van der Waals surface area contributed by atoms with Gasteiger partial charge in [-0.2, -0.15) is 8.78 Å². The Balaban J connectivity index is 1.71. The van der Waals surface area contributed by atoms with Crippen molar-refractivity contribution in [2.24, 2.45) is 10.4 Å². The normalized spacial score (nSPS) is 22.7. The molecular weight excluding hydrogens is 356 g/mol. The monoisotopic (exact) mass is 383 g/mol. The van der Waals surface area contributed by atoms with E-state index in [1.165, 1.54) is 7.11 Å². The third-order valence-electron chi connectivity index (χ3n) is 5.11. The van der Waals surface area contributed by atoms with Crippen LogP contribution in [0.3, 0.4) is 0 Å². The number of halogens is 2. The first-order chi connectivity index (χ1) is 13.0. The Labute approximate surface area is 158 Å². The molecule has 2 heterocycles. The lowest BCUT2D eigenvalue weighted by Crippen LogP contribution is -2.41. The van der Waals surface area contributed by atoms with Crippen molar-refractivity contribution < 1.29 is 23.0 Å². The minimum atomic E-state index is -2.90. The maximum Gasteiger partial charge on any atom is 0.387 e. The Hall–Kier alpha value is -2.09. The third kappa shape index (κ3) is 4.80. The van der Waals surface area contributed by atoms with Gasteiger partial charge in [0.25, 0.3) is 0 Å². The van der Waals surface area contributed by atoms with Crippen molar-refractivity contribution in [1.29, 1.82) is 0 Å². The maximum absolute atomic E-state index is 12.6. The lowest BCUT2D eigenvalue weighted by molar-refractivity contribution is -0.0512. The number of likely N-dealkylation sites (tertiary alicyclic amines) is 1. The molecule has 1 aromatic carbocycles. The number of guanidine groups is 1. The second kappa shape index (κ2) is 8.73. The van der Waals surface area contributed by atoms with Crippen molar-refractivity contribution in [2.75, 3.05) is 40.0 Å². The van der Waals surface area contributed by atoms with Gasteiger partial charge in [0.1, 0.15) is 0 Å². The van der Waals surface area contributed by atoms with Gasteiger partial charge >= 0.3 is 6.61 Å². The SMILES string of the molecule is CCNC(=NCc1ccc(OC)c(OC(F)F)c1)N1CCC2(CCOC2)C1. The zero-order chi connectivity index (χ0) is 19.3. The lowest BCUT2D eigenvalue weighted by Gasteiger charge is -2.25. The van der Waals surface area contributed by atoms with Crippen LogP contribution in [0.2, 0.25) is 0 Å². The van der Waals surface area contributed by atoms with Crippen molar-refractivity contribution in [3.63, 3.8) is 0 Å². The van der Waals surface area contributed by atoms with E-state index in [1.54, 1.807) is 18.2 Å². The molecule has 2 aliphatic heterocycles. The standard InChI is InChI=1S/C19H27F2N3O3/c1-3-22-18(24-8-6-19(12-24)7-9-26-13-19)23-11-14-4-5-15(25-2)16(10-14)27-17(20)21/h4-5,10,17H,3,6-9,11-13H2,1-2H3,(H,22,23). The summed E-state index contributed by atoms with van der Waals surface area (Å²) in [4.78, 5) is 6.96. The average molecular weight is 383 g/mol. The number of hydrogen-bond acceptors (Lipinski definition) is 4. The van der Waals surface area contributed by atoms with Crippen LogP contribution in [0.25, 0.3) is 0 Å². The van der Waals surface area contributed by atoms with E-state index < -0.39 is 6.61 Å². The van der Waals surface area contributed by atoms with Crippen molar-refractivity contribution in [2.45, 2.75) is 32.9 Å². The molecular formula is C19H27F2N3O3. The molecule has 0 bridgehead atoms. The molecule has 1 spiro atoms. The van der Waals surface area contributed by atoms with Crippen LogP contribution in [-0.4, -0.2) is 57.4 Å². The zero-order valence-corrected chi connectivity index (χ0v) is 15.8. The molecule has 8 heteroatoms. The molecule has 2 saturated heterocycles. The first-order valence-electron chi connectivity index (χ1n) is 9.28. The first-order valence-corrected chi connectivity index (χ1v) is 9.28. The molecule has 150 valence electrons. The number of methoxy groups -OCH3 is 1. The molecule has 2 fully saturated rings. The fourth-order valence-electron chi connectivity index (χ4n) is 3.69. The summed E-state index contributed by atoms with van der Waals surface area (Å²) in [7, 11) is 1.42. The van der Waals surface area contributed by atoms with Crippen LogP contribution in [0, 0.1) is 5.41 Å². The highest BCUT2D eigenvalue weighted by atomic mass is 19.3. The number of alkyl halides is 2. The van der Waals surface area contributed by atoms with E-state index in [1.807, 2.05) is 6.92 Å². The molecule has 0 aliphatic carbocycles. The van der Waals surface area contributed by atoms with E-state index in [4.69, 9.17) is 14.5 Å². The van der Waals surface area contributed by atoms with Crippen molar-refractivity contribution in [3.05, 3.63) is 23.8 Å². The Bertz CT molecular complexity index is 664. The van der Waals surface area contributed by atoms with Crippen LogP contribution < -0.4 is 14.8 Å². The smallest absolute Gasteiger partial charge is 0.387 e. The fourth-order valence-corrected chi connectivity index (χ4v) is 3.69. The predicted octanol–water partition coefficient (Wildman–Crippen LogP) is 2.87. The van der Waals surface area contributed by atoms with E-state index >= 15 is 0 Å². The molecule has 1 N–H and O–H groups in total. The van der Waals surface area contributed by atoms with Crippen LogP contribution in [0.15, 0.2) is 23.2 Å². The van der Waals surface area contributed by atoms with Gasteiger partial charge in [-0.05, 0) is 37.5 Å². The Morgan fingerprint density at radius 2 is 2.22 bits per heavy atom. The molecule has 1 aromatic rings. The molecule has 0 aromatic heterocycles. The Kier molecular flexibility index (Phi) is 6.36. The number of benzene rings is 1. The van der Waals surface area contributed by atoms with E-state index in [0.717, 1.165) is 57.2 Å². The third-order valence-corrected chi connectivity index (χ3v) is 5.11. The van der Waals surface area contributed by atoms with Gasteiger partial charge < -0.3 is 24.4 Å². The van der Waals surface area contributed by atoms with E-state index in [-0.39, 0.29) is 16.9 Å². The summed E-state index contributed by atoms with van der Waals surface area (Å²) in [5.74, 6) is 1.14. The van der Waals surface area contributed by atoms with Crippen LogP contribution in [-0.2, 0) is 11.3 Å². The molecule has 0 amide bonds. The number of aliphatic imine (C=N–C) groups is 1. The van der Waals surface area contributed by atoms with Gasteiger partial charge in [-0.15, -0.1) is 0 Å². The summed E-state index contributed by atoms with van der Waals surface area (Å²) in [5, 5.41) is 3.33. The number of ether oxygens (including phenoxy) is 3. The minimum absolute atomic E-state index is 0.0217. The summed E-state index contributed by atoms with van der Waals surface area (Å²) in [6.07, 6.45) is 2.20. The lowest BCUT2D eigenvalue weighted by atomic mass is 9.87. The molecule has 1 atom stereocenters. The Morgan fingerprint density at radius 3 is 2.89 bits per heavy atom. The van der Waals surface area contributed by atoms with Crippen molar-refractivity contribution >= 4 is 5.96 Å². The number of nitrogens with one attached hydrogen (secondary N) is 1. The largest absolute Gasteiger partial charge is 0.493 e. The highest BCUT2D eigenvalue weighted by Crippen LogP contribution is 2.38. The van der Waals surface area contributed by atoms with Crippen molar-refractivity contribution in [1.82, 2.24) is 10.2 Å². The number of hydrogen-bond donors (Lipinski definition) is 1. The first kappa shape index (κ1) is 19.7. The van der Waals surface area contributed by atoms with Crippen LogP contribution in [0.5, 0.6) is 11.5 Å². The molecule has 6 nitrogen and oxygen atoms in total. The molecule has 1 unspecified atom stereocenters. The topological polar surface area (TPSA) is 55.3 Å². The highest BCUT2D eigenvalue weighted by Gasteiger charge is 2.42. The summed E-state index contributed by atoms with van der Waals surface area (Å²) in [6.45, 7) is 3.79. The predicted molar refractivity (Wildman–Crippen MR) is 98.5 cm³/mol. The van der Waals surface area contributed by atoms with Gasteiger partial charge in [0.15, 0.2) is 17.5 Å². The van der Waals surface area contributed by atoms with Gasteiger partial charge in [0, 0.05) is 31.7 Å². The van der Waals surface area contributed by atoms with E-state index in [0.29, 0.717) is 6.54 Å². The summed E-state index contributed by atoms with van der Waals surface area (Å²) < 4.78 is 40.4. The fraction of sp³-hybridized carbons (Fsp3) is 0.632. The van der Waals surface area contributed by atoms with Gasteiger partial charge in [0.05, 0.1) is 20.3 Å². The molecule has 0 saturated carbocycles. The Morgan fingerprint density at radius 1 is 1.37 bits per heavy atom. The van der Waals surface area contributed by atoms with Crippen molar-refractivity contribution in [3.8, 4) is 11.5 Å². The van der Waals surface area contributed by atoms with E-state index in [9.17, 15) is 8.78 Å². The summed E-state index contributed by atoms with van der Waals surface area (Å²) >= 11 is 0. The molecule has 3 rings (SSSR count). The quantitative estimate of drug-likeness (QED) is 0.605. The van der Waals surface area contributed by atoms with E-state index in [2.05, 4.69) is 15.0 Å². The van der Waals surface area contributed by atoms with Crippen LogP contribution in [0.1, 0.15) is 25.3 Å². The molecule has 27 heavy (non-hydrogen) atoms. The summed E-state index contributed by atoms with van der Waals surface area (Å²) in [5.41, 5.74) is 1.02. The van der Waals surface area contributed by atoms with Gasteiger partial charge in [-0.25, -0.2) is 4.99 Å².